The second-order valence-electron chi connectivity index (χ2n) is 3.74. The summed E-state index contributed by atoms with van der Waals surface area (Å²) in [6, 6.07) is 5.74. The molecule has 0 saturated heterocycles. The van der Waals surface area contributed by atoms with Gasteiger partial charge in [-0.05, 0) is 37.3 Å². The maximum atomic E-state index is 11.9. The highest BCUT2D eigenvalue weighted by atomic mass is 32.2. The number of carbonyl (C=O) groups is 1. The highest BCUT2D eigenvalue weighted by Crippen LogP contribution is 2.34. The van der Waals surface area contributed by atoms with E-state index in [9.17, 15) is 4.79 Å². The molecule has 0 atom stereocenters. The van der Waals surface area contributed by atoms with Crippen LogP contribution in [0.1, 0.15) is 23.2 Å². The molecular formula is C12H14O2S. The van der Waals surface area contributed by atoms with E-state index in [0.717, 1.165) is 29.1 Å². The van der Waals surface area contributed by atoms with Crippen molar-refractivity contribution in [1.29, 1.82) is 0 Å². The van der Waals surface area contributed by atoms with E-state index >= 15 is 0 Å². The van der Waals surface area contributed by atoms with E-state index in [1.165, 1.54) is 0 Å². The number of ketones is 1. The van der Waals surface area contributed by atoms with Crippen molar-refractivity contribution in [2.75, 3.05) is 13.4 Å². The van der Waals surface area contributed by atoms with Crippen LogP contribution >= 0.6 is 11.8 Å². The average molecular weight is 222 g/mol. The summed E-state index contributed by atoms with van der Waals surface area (Å²) in [6.45, 7) is 0. The molecule has 2 rings (SSSR count). The maximum Gasteiger partial charge on any atom is 0.166 e. The molecule has 0 bridgehead atoms. The number of benzene rings is 1. The molecule has 0 amide bonds. The van der Waals surface area contributed by atoms with Crippen LogP contribution in [0.15, 0.2) is 23.1 Å². The molecule has 0 aromatic heterocycles. The Morgan fingerprint density at radius 3 is 2.67 bits per heavy atom. The molecule has 0 N–H and O–H groups in total. The Labute approximate surface area is 94.0 Å². The van der Waals surface area contributed by atoms with Crippen LogP contribution in [0.3, 0.4) is 0 Å². The van der Waals surface area contributed by atoms with Crippen LogP contribution in [0.5, 0.6) is 5.75 Å². The van der Waals surface area contributed by atoms with Gasteiger partial charge < -0.3 is 4.74 Å². The molecular weight excluding hydrogens is 208 g/mol. The van der Waals surface area contributed by atoms with Gasteiger partial charge in [0.15, 0.2) is 5.78 Å². The van der Waals surface area contributed by atoms with Gasteiger partial charge in [-0.1, -0.05) is 0 Å². The van der Waals surface area contributed by atoms with E-state index in [4.69, 9.17) is 4.74 Å². The van der Waals surface area contributed by atoms with Crippen LogP contribution < -0.4 is 4.74 Å². The van der Waals surface area contributed by atoms with Crippen molar-refractivity contribution in [3.63, 3.8) is 0 Å². The predicted molar refractivity (Wildman–Crippen MR) is 61.8 cm³/mol. The van der Waals surface area contributed by atoms with E-state index in [-0.39, 0.29) is 11.7 Å². The van der Waals surface area contributed by atoms with Gasteiger partial charge in [-0.2, -0.15) is 0 Å². The summed E-state index contributed by atoms with van der Waals surface area (Å²) in [5.41, 5.74) is 0.793. The number of methoxy groups -OCH3 is 1. The van der Waals surface area contributed by atoms with Crippen molar-refractivity contribution in [2.45, 2.75) is 17.7 Å². The van der Waals surface area contributed by atoms with Gasteiger partial charge in [0.2, 0.25) is 0 Å². The summed E-state index contributed by atoms with van der Waals surface area (Å²) in [5.74, 6) is 1.31. The number of Topliss-reactive ketones (excluding diaryl/α,β-unsaturated/α-hetero) is 1. The van der Waals surface area contributed by atoms with Gasteiger partial charge in [-0.15, -0.1) is 11.8 Å². The number of thioether (sulfide) groups is 1. The summed E-state index contributed by atoms with van der Waals surface area (Å²) >= 11 is 1.63. The molecule has 80 valence electrons. The summed E-state index contributed by atoms with van der Waals surface area (Å²) in [7, 11) is 1.63. The third kappa shape index (κ3) is 2.34. The fourth-order valence-corrected chi connectivity index (χ4v) is 2.01. The van der Waals surface area contributed by atoms with Crippen LogP contribution in [0.2, 0.25) is 0 Å². The largest absolute Gasteiger partial charge is 0.497 e. The van der Waals surface area contributed by atoms with Gasteiger partial charge in [0.1, 0.15) is 5.75 Å². The second-order valence-corrected chi connectivity index (χ2v) is 4.62. The van der Waals surface area contributed by atoms with Crippen LogP contribution in [-0.4, -0.2) is 19.1 Å². The first-order valence-corrected chi connectivity index (χ1v) is 6.24. The van der Waals surface area contributed by atoms with E-state index in [1.54, 1.807) is 18.9 Å². The molecule has 15 heavy (non-hydrogen) atoms. The minimum atomic E-state index is 0.268. The fraction of sp³-hybridized carbons (Fsp3) is 0.417. The van der Waals surface area contributed by atoms with E-state index in [2.05, 4.69) is 0 Å². The first kappa shape index (κ1) is 10.6. The van der Waals surface area contributed by atoms with Crippen molar-refractivity contribution in [1.82, 2.24) is 0 Å². The SMILES string of the molecule is COc1cc(SC)cc(C(=O)C2CC2)c1. The molecule has 1 aliphatic carbocycles. The smallest absolute Gasteiger partial charge is 0.166 e. The van der Waals surface area contributed by atoms with Gasteiger partial charge in [0.25, 0.3) is 0 Å². The fourth-order valence-electron chi connectivity index (χ4n) is 1.53. The van der Waals surface area contributed by atoms with Gasteiger partial charge in [0.05, 0.1) is 7.11 Å². The van der Waals surface area contributed by atoms with E-state index < -0.39 is 0 Å². The Balaban J connectivity index is 2.32. The standard InChI is InChI=1S/C12H14O2S/c1-14-10-5-9(6-11(7-10)15-2)12(13)8-3-4-8/h5-8H,3-4H2,1-2H3. The lowest BCUT2D eigenvalue weighted by molar-refractivity contribution is 0.0967. The average Bonchev–Trinajstić information content (AvgIpc) is 3.11. The van der Waals surface area contributed by atoms with Crippen molar-refractivity contribution in [3.8, 4) is 5.75 Å². The molecule has 2 nitrogen and oxygen atoms in total. The number of hydrogen-bond donors (Lipinski definition) is 0. The lowest BCUT2D eigenvalue weighted by Gasteiger charge is -2.06. The Hall–Kier alpha value is -0.960. The zero-order valence-electron chi connectivity index (χ0n) is 8.95. The molecule has 1 aliphatic rings. The van der Waals surface area contributed by atoms with Gasteiger partial charge in [-0.25, -0.2) is 0 Å². The Morgan fingerprint density at radius 2 is 2.13 bits per heavy atom. The normalized spacial score (nSPS) is 15.1. The molecule has 0 heterocycles. The van der Waals surface area contributed by atoms with Gasteiger partial charge in [0, 0.05) is 16.4 Å². The number of ether oxygens (including phenoxy) is 1. The van der Waals surface area contributed by atoms with Crippen LogP contribution in [0.4, 0.5) is 0 Å². The Bertz CT molecular complexity index is 361. The molecule has 0 radical (unpaired) electrons. The van der Waals surface area contributed by atoms with Gasteiger partial charge >= 0.3 is 0 Å². The molecule has 3 heteroatoms. The molecule has 1 fully saturated rings. The monoisotopic (exact) mass is 222 g/mol. The first-order chi connectivity index (χ1) is 7.24. The van der Waals surface area contributed by atoms with Crippen molar-refractivity contribution >= 4 is 17.5 Å². The lowest BCUT2D eigenvalue weighted by Crippen LogP contribution is -2.01. The summed E-state index contributed by atoms with van der Waals surface area (Å²) < 4.78 is 5.18. The third-order valence-corrected chi connectivity index (χ3v) is 3.29. The number of rotatable bonds is 4. The van der Waals surface area contributed by atoms with Crippen molar-refractivity contribution in [2.24, 2.45) is 5.92 Å². The lowest BCUT2D eigenvalue weighted by atomic mass is 10.1. The quantitative estimate of drug-likeness (QED) is 0.578. The first-order valence-electron chi connectivity index (χ1n) is 5.02. The molecule has 0 aliphatic heterocycles. The molecule has 0 unspecified atom stereocenters. The number of carbonyl (C=O) groups excluding carboxylic acids is 1. The van der Waals surface area contributed by atoms with E-state index in [0.29, 0.717) is 0 Å². The Kier molecular flexibility index (Phi) is 3.00. The van der Waals surface area contributed by atoms with Gasteiger partial charge in [-0.3, -0.25) is 4.79 Å². The zero-order valence-corrected chi connectivity index (χ0v) is 9.76. The third-order valence-electron chi connectivity index (χ3n) is 2.58. The molecule has 1 saturated carbocycles. The second kappa shape index (κ2) is 4.27. The van der Waals surface area contributed by atoms with Crippen LogP contribution in [-0.2, 0) is 0 Å². The topological polar surface area (TPSA) is 26.3 Å². The zero-order chi connectivity index (χ0) is 10.8. The minimum absolute atomic E-state index is 0.268. The number of hydrogen-bond acceptors (Lipinski definition) is 3. The maximum absolute atomic E-state index is 11.9. The van der Waals surface area contributed by atoms with Crippen molar-refractivity contribution in [3.05, 3.63) is 23.8 Å². The predicted octanol–water partition coefficient (Wildman–Crippen LogP) is 3.01. The highest BCUT2D eigenvalue weighted by Gasteiger charge is 2.30. The summed E-state index contributed by atoms with van der Waals surface area (Å²) in [4.78, 5) is 13.0. The van der Waals surface area contributed by atoms with Crippen LogP contribution in [0.25, 0.3) is 0 Å². The summed E-state index contributed by atoms with van der Waals surface area (Å²) in [6.07, 6.45) is 4.09. The summed E-state index contributed by atoms with van der Waals surface area (Å²) in [5, 5.41) is 0. The highest BCUT2D eigenvalue weighted by molar-refractivity contribution is 7.98. The molecule has 1 aromatic rings. The van der Waals surface area contributed by atoms with Crippen LogP contribution in [0, 0.1) is 5.92 Å². The minimum Gasteiger partial charge on any atom is -0.497 e. The van der Waals surface area contributed by atoms with Crippen molar-refractivity contribution < 1.29 is 9.53 Å². The molecule has 1 aromatic carbocycles. The molecule has 0 spiro atoms. The van der Waals surface area contributed by atoms with E-state index in [1.807, 2.05) is 24.5 Å². The Morgan fingerprint density at radius 1 is 1.40 bits per heavy atom.